The van der Waals surface area contributed by atoms with E-state index in [4.69, 9.17) is 9.47 Å². The van der Waals surface area contributed by atoms with Crippen molar-refractivity contribution in [2.45, 2.75) is 57.5 Å². The van der Waals surface area contributed by atoms with Gasteiger partial charge in [0, 0.05) is 43.2 Å². The van der Waals surface area contributed by atoms with Gasteiger partial charge in [0.05, 0.1) is 31.8 Å². The zero-order chi connectivity index (χ0) is 29.0. The fraction of sp³-hybridized carbons (Fsp3) is 0.500. The second-order valence-corrected chi connectivity index (χ2v) is 8.54. The molecule has 2 amide bonds. The number of nitrogens with zero attached hydrogens (tertiary/aromatic N) is 5. The molecule has 3 aromatic rings. The van der Waals surface area contributed by atoms with Crippen LogP contribution < -0.4 is 14.8 Å². The summed E-state index contributed by atoms with van der Waals surface area (Å²) in [5.74, 6) is 0.226. The topological polar surface area (TPSA) is 93.9 Å². The SMILES string of the molecule is CCC(CCC(F)(F)F)NC(=O)N(CC)[C@@H](c1cc(-c2cn3ccnc3c(OC)n2)c(OC)cn1)C(F)(F)F. The monoisotopic (exact) mass is 562 g/mol. The van der Waals surface area contributed by atoms with Crippen LogP contribution in [-0.4, -0.2) is 69.4 Å². The number of halogens is 6. The van der Waals surface area contributed by atoms with Crippen LogP contribution in [0.4, 0.5) is 31.1 Å². The van der Waals surface area contributed by atoms with Crippen LogP contribution in [0.25, 0.3) is 16.9 Å². The molecule has 0 aliphatic rings. The van der Waals surface area contributed by atoms with E-state index in [9.17, 15) is 31.1 Å². The summed E-state index contributed by atoms with van der Waals surface area (Å²) >= 11 is 0. The Hall–Kier alpha value is -3.78. The summed E-state index contributed by atoms with van der Waals surface area (Å²) in [5, 5.41) is 2.31. The highest BCUT2D eigenvalue weighted by molar-refractivity contribution is 5.75. The average Bonchev–Trinajstić information content (AvgIpc) is 3.36. The number of amides is 2. The van der Waals surface area contributed by atoms with Gasteiger partial charge < -0.3 is 24.1 Å². The van der Waals surface area contributed by atoms with Crippen LogP contribution in [0.1, 0.15) is 44.8 Å². The zero-order valence-electron chi connectivity index (χ0n) is 21.6. The molecule has 2 atom stereocenters. The second-order valence-electron chi connectivity index (χ2n) is 8.54. The molecule has 0 radical (unpaired) electrons. The van der Waals surface area contributed by atoms with E-state index in [0.717, 1.165) is 12.3 Å². The summed E-state index contributed by atoms with van der Waals surface area (Å²) < 4.78 is 93.5. The molecule has 0 aliphatic heterocycles. The molecular formula is C24H28F6N6O3. The minimum atomic E-state index is -4.97. The molecule has 0 fully saturated rings. The van der Waals surface area contributed by atoms with Crippen molar-refractivity contribution >= 4 is 11.7 Å². The molecule has 1 N–H and O–H groups in total. The Bertz CT molecular complexity index is 1280. The van der Waals surface area contributed by atoms with E-state index in [-0.39, 0.29) is 29.3 Å². The number of hydrogen-bond acceptors (Lipinski definition) is 6. The van der Waals surface area contributed by atoms with Gasteiger partial charge in [0.15, 0.2) is 11.7 Å². The number of aromatic nitrogens is 4. The largest absolute Gasteiger partial charge is 0.494 e. The Kier molecular flexibility index (Phi) is 9.12. The van der Waals surface area contributed by atoms with Crippen molar-refractivity contribution in [2.75, 3.05) is 20.8 Å². The first-order valence-corrected chi connectivity index (χ1v) is 11.9. The van der Waals surface area contributed by atoms with Gasteiger partial charge in [-0.05, 0) is 25.8 Å². The third-order valence-corrected chi connectivity index (χ3v) is 6.02. The molecule has 0 aliphatic carbocycles. The number of carbonyl (C=O) groups excluding carboxylic acids is 1. The van der Waals surface area contributed by atoms with Gasteiger partial charge in [-0.15, -0.1) is 0 Å². The first-order chi connectivity index (χ1) is 18.3. The van der Waals surface area contributed by atoms with E-state index in [1.165, 1.54) is 40.5 Å². The van der Waals surface area contributed by atoms with E-state index in [1.54, 1.807) is 10.6 Å². The molecule has 214 valence electrons. The van der Waals surface area contributed by atoms with Crippen LogP contribution >= 0.6 is 0 Å². The van der Waals surface area contributed by atoms with Crippen molar-refractivity contribution in [2.24, 2.45) is 0 Å². The highest BCUT2D eigenvalue weighted by Crippen LogP contribution is 2.40. The lowest BCUT2D eigenvalue weighted by molar-refractivity contribution is -0.179. The summed E-state index contributed by atoms with van der Waals surface area (Å²) in [5.41, 5.74) is 0.167. The number of hydrogen-bond donors (Lipinski definition) is 1. The predicted molar refractivity (Wildman–Crippen MR) is 128 cm³/mol. The smallest absolute Gasteiger partial charge is 0.414 e. The van der Waals surface area contributed by atoms with Gasteiger partial charge in [-0.1, -0.05) is 6.92 Å². The molecule has 0 aromatic carbocycles. The molecular weight excluding hydrogens is 534 g/mol. The number of pyridine rings is 1. The maximum Gasteiger partial charge on any atom is 0.414 e. The Balaban J connectivity index is 2.03. The van der Waals surface area contributed by atoms with Gasteiger partial charge in [0.2, 0.25) is 0 Å². The molecule has 0 spiro atoms. The third-order valence-electron chi connectivity index (χ3n) is 6.02. The molecule has 3 heterocycles. The summed E-state index contributed by atoms with van der Waals surface area (Å²) in [6, 6.07) is -3.53. The summed E-state index contributed by atoms with van der Waals surface area (Å²) in [4.78, 5) is 25.8. The standard InChI is InChI=1S/C24H28F6N6O3/c1-5-14(7-8-23(25,26)27)33-22(37)36(6-2)19(24(28,29)30)16-11-15(18(38-3)12-32-16)17-13-35-10-9-31-20(35)21(34-17)39-4/h9-14,19H,5-8H2,1-4H3,(H,33,37)/t14?,19-/m0/s1. The lowest BCUT2D eigenvalue weighted by Crippen LogP contribution is -2.50. The van der Waals surface area contributed by atoms with E-state index < -0.39 is 55.5 Å². The number of ether oxygens (including phenoxy) is 2. The molecule has 0 saturated carbocycles. The number of methoxy groups -OCH3 is 2. The molecule has 3 rings (SSSR count). The van der Waals surface area contributed by atoms with Crippen LogP contribution in [0.15, 0.2) is 30.9 Å². The van der Waals surface area contributed by atoms with Gasteiger partial charge in [0.1, 0.15) is 5.75 Å². The van der Waals surface area contributed by atoms with Crippen molar-refractivity contribution in [3.05, 3.63) is 36.5 Å². The Morgan fingerprint density at radius 3 is 2.41 bits per heavy atom. The first-order valence-electron chi connectivity index (χ1n) is 11.9. The minimum absolute atomic E-state index is 0.102. The predicted octanol–water partition coefficient (Wildman–Crippen LogP) is 5.56. The van der Waals surface area contributed by atoms with Gasteiger partial charge in [-0.3, -0.25) is 4.98 Å². The maximum atomic E-state index is 14.4. The van der Waals surface area contributed by atoms with Crippen molar-refractivity contribution in [3.63, 3.8) is 0 Å². The quantitative estimate of drug-likeness (QED) is 0.325. The van der Waals surface area contributed by atoms with Gasteiger partial charge in [0.25, 0.3) is 5.88 Å². The van der Waals surface area contributed by atoms with Crippen LogP contribution in [0.3, 0.4) is 0 Å². The van der Waals surface area contributed by atoms with Crippen LogP contribution in [0, 0.1) is 0 Å². The van der Waals surface area contributed by atoms with Crippen LogP contribution in [-0.2, 0) is 0 Å². The highest BCUT2D eigenvalue weighted by atomic mass is 19.4. The summed E-state index contributed by atoms with van der Waals surface area (Å²) in [7, 11) is 2.68. The highest BCUT2D eigenvalue weighted by Gasteiger charge is 2.47. The lowest BCUT2D eigenvalue weighted by atomic mass is 10.1. The van der Waals surface area contributed by atoms with Gasteiger partial charge in [-0.2, -0.15) is 26.3 Å². The number of alkyl halides is 6. The Morgan fingerprint density at radius 2 is 1.85 bits per heavy atom. The molecule has 0 saturated heterocycles. The van der Waals surface area contributed by atoms with E-state index in [1.807, 2.05) is 0 Å². The zero-order valence-corrected chi connectivity index (χ0v) is 21.6. The van der Waals surface area contributed by atoms with Crippen molar-refractivity contribution < 1.29 is 40.6 Å². The van der Waals surface area contributed by atoms with E-state index in [0.29, 0.717) is 10.5 Å². The maximum absolute atomic E-state index is 14.4. The number of imidazole rings is 1. The number of nitrogens with one attached hydrogen (secondary N) is 1. The van der Waals surface area contributed by atoms with E-state index >= 15 is 0 Å². The Morgan fingerprint density at radius 1 is 1.13 bits per heavy atom. The number of urea groups is 1. The average molecular weight is 563 g/mol. The van der Waals surface area contributed by atoms with E-state index in [2.05, 4.69) is 20.3 Å². The number of carbonyl (C=O) groups is 1. The molecule has 9 nitrogen and oxygen atoms in total. The normalized spacial score (nSPS) is 13.7. The minimum Gasteiger partial charge on any atom is -0.494 e. The molecule has 0 bridgehead atoms. The Labute approximate surface area is 220 Å². The fourth-order valence-electron chi connectivity index (χ4n) is 4.06. The fourth-order valence-corrected chi connectivity index (χ4v) is 4.06. The van der Waals surface area contributed by atoms with Crippen molar-refractivity contribution in [1.29, 1.82) is 0 Å². The molecule has 39 heavy (non-hydrogen) atoms. The summed E-state index contributed by atoms with van der Waals surface area (Å²) in [6.45, 7) is 2.47. The number of fused-ring (bicyclic) bond motifs is 1. The first kappa shape index (κ1) is 29.8. The second kappa shape index (κ2) is 11.9. The van der Waals surface area contributed by atoms with Crippen LogP contribution in [0.2, 0.25) is 0 Å². The van der Waals surface area contributed by atoms with Gasteiger partial charge >= 0.3 is 18.4 Å². The van der Waals surface area contributed by atoms with Crippen molar-refractivity contribution in [3.8, 4) is 22.9 Å². The molecule has 3 aromatic heterocycles. The van der Waals surface area contributed by atoms with Gasteiger partial charge in [-0.25, -0.2) is 14.8 Å². The van der Waals surface area contributed by atoms with Crippen molar-refractivity contribution in [1.82, 2.24) is 29.6 Å². The number of rotatable bonds is 10. The van der Waals surface area contributed by atoms with Crippen LogP contribution in [0.5, 0.6) is 11.6 Å². The molecule has 15 heteroatoms. The lowest BCUT2D eigenvalue weighted by Gasteiger charge is -2.33. The summed E-state index contributed by atoms with van der Waals surface area (Å²) in [6.07, 6.45) is -5.28. The third kappa shape index (κ3) is 7.00. The molecule has 1 unspecified atom stereocenters.